The molecule has 0 bridgehead atoms. The van der Waals surface area contributed by atoms with Crippen LogP contribution in [0, 0.1) is 42.2 Å². The second kappa shape index (κ2) is 16.5. The Morgan fingerprint density at radius 3 is 1.90 bits per heavy atom. The number of aryl methyl sites for hydroxylation is 1. The van der Waals surface area contributed by atoms with Crippen molar-refractivity contribution in [3.8, 4) is 41.4 Å². The van der Waals surface area contributed by atoms with Crippen molar-refractivity contribution in [1.29, 1.82) is 5.26 Å². The molecule has 0 spiro atoms. The first-order valence-corrected chi connectivity index (χ1v) is 14.9. The zero-order valence-corrected chi connectivity index (χ0v) is 26.7. The summed E-state index contributed by atoms with van der Waals surface area (Å²) in [6, 6.07) is 22.4. The van der Waals surface area contributed by atoms with Crippen molar-refractivity contribution >= 4 is 23.2 Å². The van der Waals surface area contributed by atoms with Crippen molar-refractivity contribution in [2.75, 3.05) is 10.6 Å². The van der Waals surface area contributed by atoms with Gasteiger partial charge in [0.1, 0.15) is 18.4 Å². The van der Waals surface area contributed by atoms with Crippen molar-refractivity contribution in [2.45, 2.75) is 6.92 Å². The molecule has 250 valence electrons. The van der Waals surface area contributed by atoms with Gasteiger partial charge in [0.15, 0.2) is 23.1 Å². The quantitative estimate of drug-likeness (QED) is 0.156. The van der Waals surface area contributed by atoms with Crippen molar-refractivity contribution in [2.24, 2.45) is 0 Å². The summed E-state index contributed by atoms with van der Waals surface area (Å²) in [6.07, 6.45) is 13.6. The third-order valence-electron chi connectivity index (χ3n) is 6.66. The number of aromatic nitrogens is 4. The van der Waals surface area contributed by atoms with E-state index in [1.165, 1.54) is 43.5 Å². The second-order valence-corrected chi connectivity index (χ2v) is 10.5. The second-order valence-electron chi connectivity index (χ2n) is 10.5. The maximum atomic E-state index is 13.9. The molecule has 2 aromatic heterocycles. The Balaban J connectivity index is 0.000000198. The number of terminal acetylenes is 1. The van der Waals surface area contributed by atoms with E-state index in [1.54, 1.807) is 60.7 Å². The fourth-order valence-corrected chi connectivity index (χ4v) is 4.39. The number of nitrogens with one attached hydrogen (secondary N) is 2. The SMILES string of the molecule is C#Cc1cccc(C(=O)Nc2cc(C#N)cc(Oc3cncnc3)c2)c1.Cc1cccc(C(=O)Nc2cc(F)c(F)c(Oc3cncnc3)c2)c1. The highest BCUT2D eigenvalue weighted by Crippen LogP contribution is 2.29. The molecule has 0 radical (unpaired) electrons. The minimum Gasteiger partial charge on any atom is -0.454 e. The van der Waals surface area contributed by atoms with Gasteiger partial charge in [0, 0.05) is 46.3 Å². The molecule has 0 aliphatic carbocycles. The van der Waals surface area contributed by atoms with Crippen LogP contribution in [0.3, 0.4) is 0 Å². The predicted octanol–water partition coefficient (Wildman–Crippen LogP) is 7.48. The number of amides is 2. The average molecular weight is 682 g/mol. The van der Waals surface area contributed by atoms with Gasteiger partial charge < -0.3 is 20.1 Å². The minimum absolute atomic E-state index is 0.0669. The van der Waals surface area contributed by atoms with Crippen LogP contribution in [-0.4, -0.2) is 31.8 Å². The summed E-state index contributed by atoms with van der Waals surface area (Å²) in [5.74, 6) is -0.0497. The Labute approximate surface area is 290 Å². The number of hydrogen-bond acceptors (Lipinski definition) is 9. The molecule has 0 atom stereocenters. The molecule has 2 amide bonds. The van der Waals surface area contributed by atoms with E-state index in [-0.39, 0.29) is 23.1 Å². The molecular weight excluding hydrogens is 656 g/mol. The van der Waals surface area contributed by atoms with E-state index in [4.69, 9.17) is 15.9 Å². The standard InChI is InChI=1S/C20H12N4O2.C18H13F2N3O2/c1-2-14-4-3-5-16(6-14)20(25)24-17-7-15(10-21)8-18(9-17)26-19-11-22-13-23-12-19;1-11-3-2-4-12(5-11)18(24)23-13-6-15(19)17(20)16(7-13)25-14-8-21-10-22-9-14/h1,3-9,11-13H,(H,24,25);2-10H,1H3,(H,23,24). The van der Waals surface area contributed by atoms with E-state index in [0.29, 0.717) is 39.4 Å². The average Bonchev–Trinajstić information content (AvgIpc) is 3.14. The number of ether oxygens (including phenoxy) is 2. The van der Waals surface area contributed by atoms with Crippen LogP contribution in [0.2, 0.25) is 0 Å². The Morgan fingerprint density at radius 1 is 0.706 bits per heavy atom. The Morgan fingerprint density at radius 2 is 1.29 bits per heavy atom. The lowest BCUT2D eigenvalue weighted by Gasteiger charge is -2.11. The van der Waals surface area contributed by atoms with Crippen LogP contribution < -0.4 is 20.1 Å². The van der Waals surface area contributed by atoms with Crippen molar-refractivity contribution < 1.29 is 27.8 Å². The van der Waals surface area contributed by atoms with Crippen LogP contribution in [-0.2, 0) is 0 Å². The Hall–Kier alpha value is -7.51. The Bertz CT molecular complexity index is 2280. The topological polar surface area (TPSA) is 152 Å². The highest BCUT2D eigenvalue weighted by molar-refractivity contribution is 6.05. The van der Waals surface area contributed by atoms with Gasteiger partial charge in [-0.2, -0.15) is 9.65 Å². The summed E-state index contributed by atoms with van der Waals surface area (Å²) in [6.45, 7) is 1.85. The molecule has 0 aliphatic rings. The molecule has 0 saturated carbocycles. The number of anilines is 2. The van der Waals surface area contributed by atoms with Gasteiger partial charge in [-0.15, -0.1) is 6.42 Å². The minimum atomic E-state index is -1.17. The molecule has 51 heavy (non-hydrogen) atoms. The van der Waals surface area contributed by atoms with E-state index < -0.39 is 17.5 Å². The molecule has 2 heterocycles. The first kappa shape index (κ1) is 34.8. The van der Waals surface area contributed by atoms with Gasteiger partial charge in [0.2, 0.25) is 5.82 Å². The summed E-state index contributed by atoms with van der Waals surface area (Å²) in [5, 5.41) is 14.5. The third-order valence-corrected chi connectivity index (χ3v) is 6.66. The highest BCUT2D eigenvalue weighted by Gasteiger charge is 2.16. The molecular formula is C38H25F2N7O4. The number of halogens is 2. The lowest BCUT2D eigenvalue weighted by Crippen LogP contribution is -2.12. The lowest BCUT2D eigenvalue weighted by molar-refractivity contribution is 0.101. The van der Waals surface area contributed by atoms with Crippen molar-refractivity contribution in [1.82, 2.24) is 19.9 Å². The number of nitrogens with zero attached hydrogens (tertiary/aromatic N) is 5. The molecule has 0 saturated heterocycles. The molecule has 13 heteroatoms. The van der Waals surface area contributed by atoms with Crippen LogP contribution in [0.15, 0.2) is 116 Å². The van der Waals surface area contributed by atoms with Gasteiger partial charge in [-0.1, -0.05) is 29.7 Å². The molecule has 0 fully saturated rings. The summed E-state index contributed by atoms with van der Waals surface area (Å²) in [5.41, 5.74) is 3.17. The Kier molecular flexibility index (Phi) is 11.3. The molecule has 4 aromatic carbocycles. The van der Waals surface area contributed by atoms with Gasteiger partial charge in [-0.3, -0.25) is 9.59 Å². The van der Waals surface area contributed by atoms with Gasteiger partial charge >= 0.3 is 0 Å². The fourth-order valence-electron chi connectivity index (χ4n) is 4.39. The van der Waals surface area contributed by atoms with Gasteiger partial charge in [-0.05, 0) is 49.4 Å². The van der Waals surface area contributed by atoms with Crippen LogP contribution in [0.4, 0.5) is 20.2 Å². The predicted molar refractivity (Wildman–Crippen MR) is 183 cm³/mol. The van der Waals surface area contributed by atoms with Gasteiger partial charge in [0.25, 0.3) is 11.8 Å². The van der Waals surface area contributed by atoms with E-state index in [9.17, 15) is 23.6 Å². The van der Waals surface area contributed by atoms with E-state index in [0.717, 1.165) is 11.6 Å². The molecule has 2 N–H and O–H groups in total. The highest BCUT2D eigenvalue weighted by atomic mass is 19.2. The molecule has 0 aliphatic heterocycles. The number of benzene rings is 4. The number of carbonyl (C=O) groups is 2. The van der Waals surface area contributed by atoms with E-state index in [2.05, 4.69) is 36.5 Å². The summed E-state index contributed by atoms with van der Waals surface area (Å²) in [4.78, 5) is 39.9. The van der Waals surface area contributed by atoms with Crippen molar-refractivity contribution in [3.05, 3.63) is 156 Å². The molecule has 11 nitrogen and oxygen atoms in total. The van der Waals surface area contributed by atoms with Crippen LogP contribution in [0.5, 0.6) is 23.0 Å². The summed E-state index contributed by atoms with van der Waals surface area (Å²) in [7, 11) is 0. The zero-order chi connectivity index (χ0) is 36.2. The first-order chi connectivity index (χ1) is 24.7. The van der Waals surface area contributed by atoms with E-state index >= 15 is 0 Å². The van der Waals surface area contributed by atoms with Crippen LogP contribution >= 0.6 is 0 Å². The number of nitriles is 1. The maximum absolute atomic E-state index is 13.9. The first-order valence-electron chi connectivity index (χ1n) is 14.9. The fraction of sp³-hybridized carbons (Fsp3) is 0.0263. The normalized spacial score (nSPS) is 9.98. The van der Waals surface area contributed by atoms with Crippen molar-refractivity contribution in [3.63, 3.8) is 0 Å². The number of rotatable bonds is 8. The molecule has 6 rings (SSSR count). The maximum Gasteiger partial charge on any atom is 0.255 e. The molecule has 0 unspecified atom stereocenters. The summed E-state index contributed by atoms with van der Waals surface area (Å²) >= 11 is 0. The zero-order valence-electron chi connectivity index (χ0n) is 26.7. The molecule has 6 aromatic rings. The smallest absolute Gasteiger partial charge is 0.255 e. The number of hydrogen-bond donors (Lipinski definition) is 2. The van der Waals surface area contributed by atoms with Gasteiger partial charge in [0.05, 0.1) is 36.4 Å². The van der Waals surface area contributed by atoms with Crippen LogP contribution in [0.25, 0.3) is 0 Å². The van der Waals surface area contributed by atoms with Gasteiger partial charge in [-0.25, -0.2) is 24.3 Å². The number of carbonyl (C=O) groups excluding carboxylic acids is 2. The summed E-state index contributed by atoms with van der Waals surface area (Å²) < 4.78 is 38.6. The third kappa shape index (κ3) is 9.76. The lowest BCUT2D eigenvalue weighted by atomic mass is 10.1. The monoisotopic (exact) mass is 681 g/mol. The largest absolute Gasteiger partial charge is 0.454 e. The van der Waals surface area contributed by atoms with Crippen LogP contribution in [0.1, 0.15) is 37.4 Å². The van der Waals surface area contributed by atoms with E-state index in [1.807, 2.05) is 19.1 Å².